The Bertz CT molecular complexity index is 968. The highest BCUT2D eigenvalue weighted by Gasteiger charge is 2.19. The molecule has 3 aromatic rings. The van der Waals surface area contributed by atoms with Gasteiger partial charge in [0.15, 0.2) is 6.10 Å². The second-order valence-electron chi connectivity index (χ2n) is 8.41. The van der Waals surface area contributed by atoms with E-state index in [1.165, 1.54) is 5.56 Å². The van der Waals surface area contributed by atoms with Gasteiger partial charge in [0, 0.05) is 5.39 Å². The van der Waals surface area contributed by atoms with Crippen molar-refractivity contribution >= 4 is 16.7 Å². The summed E-state index contributed by atoms with van der Waals surface area (Å²) < 4.78 is 11.8. The minimum absolute atomic E-state index is 0.117. The number of carbonyl (C=O) groups is 1. The summed E-state index contributed by atoms with van der Waals surface area (Å²) in [5.41, 5.74) is 1.38. The maximum atomic E-state index is 12.6. The highest BCUT2D eigenvalue weighted by atomic mass is 16.5. The van der Waals surface area contributed by atoms with Crippen molar-refractivity contribution in [3.63, 3.8) is 0 Å². The van der Waals surface area contributed by atoms with Crippen LogP contribution in [-0.2, 0) is 10.2 Å². The van der Waals surface area contributed by atoms with Gasteiger partial charge in [-0.2, -0.15) is 0 Å². The summed E-state index contributed by atoms with van der Waals surface area (Å²) in [6.07, 6.45) is 0.0475. The van der Waals surface area contributed by atoms with E-state index in [0.29, 0.717) is 19.6 Å². The molecule has 158 valence electrons. The molecule has 0 fully saturated rings. The van der Waals surface area contributed by atoms with Crippen LogP contribution in [0.3, 0.4) is 0 Å². The predicted octanol–water partition coefficient (Wildman–Crippen LogP) is 5.49. The summed E-state index contributed by atoms with van der Waals surface area (Å²) in [7, 11) is 0. The van der Waals surface area contributed by atoms with Crippen LogP contribution in [0.25, 0.3) is 10.8 Å². The molecule has 0 aliphatic carbocycles. The van der Waals surface area contributed by atoms with E-state index in [-0.39, 0.29) is 11.3 Å². The van der Waals surface area contributed by atoms with Crippen LogP contribution in [0.4, 0.5) is 0 Å². The molecule has 0 heterocycles. The highest BCUT2D eigenvalue weighted by molar-refractivity contribution is 5.89. The number of hydrogen-bond acceptors (Lipinski definition) is 3. The van der Waals surface area contributed by atoms with E-state index in [1.807, 2.05) is 61.5 Å². The molecule has 0 spiro atoms. The normalized spacial score (nSPS) is 12.4. The minimum atomic E-state index is -0.540. The molecule has 3 aromatic carbocycles. The topological polar surface area (TPSA) is 47.6 Å². The third-order valence-electron chi connectivity index (χ3n) is 5.07. The zero-order valence-corrected chi connectivity index (χ0v) is 18.3. The Morgan fingerprint density at radius 1 is 0.967 bits per heavy atom. The molecule has 0 aromatic heterocycles. The van der Waals surface area contributed by atoms with E-state index in [9.17, 15) is 4.79 Å². The summed E-state index contributed by atoms with van der Waals surface area (Å²) >= 11 is 0. The number of fused-ring (bicyclic) bond motifs is 1. The molecule has 0 unspecified atom stereocenters. The monoisotopic (exact) mass is 405 g/mol. The summed E-state index contributed by atoms with van der Waals surface area (Å²) in [4.78, 5) is 12.6. The lowest BCUT2D eigenvalue weighted by atomic mass is 9.87. The Balaban J connectivity index is 1.51. The third kappa shape index (κ3) is 5.53. The van der Waals surface area contributed by atoms with Gasteiger partial charge >= 0.3 is 0 Å². The van der Waals surface area contributed by atoms with Crippen molar-refractivity contribution in [3.8, 4) is 11.5 Å². The van der Waals surface area contributed by atoms with Gasteiger partial charge in [0.1, 0.15) is 18.1 Å². The standard InChI is InChI=1S/C26H31NO3/c1-5-23(30-24-12-8-10-19-9-6-7-11-22(19)24)25(28)27-17-18-29-21-15-13-20(14-16-21)26(2,3)4/h6-16,23H,5,17-18H2,1-4H3,(H,27,28)/t23-/m1/s1. The SMILES string of the molecule is CC[C@@H](Oc1cccc2ccccc12)C(=O)NCCOc1ccc(C(C)(C)C)cc1. The molecule has 4 heteroatoms. The van der Waals surface area contributed by atoms with Crippen LogP contribution in [-0.4, -0.2) is 25.2 Å². The fourth-order valence-electron chi connectivity index (χ4n) is 3.28. The van der Waals surface area contributed by atoms with E-state index in [4.69, 9.17) is 9.47 Å². The molecular formula is C26H31NO3. The summed E-state index contributed by atoms with van der Waals surface area (Å²) in [5.74, 6) is 1.40. The van der Waals surface area contributed by atoms with E-state index in [1.54, 1.807) is 0 Å². The van der Waals surface area contributed by atoms with Crippen LogP contribution < -0.4 is 14.8 Å². The third-order valence-corrected chi connectivity index (χ3v) is 5.07. The maximum Gasteiger partial charge on any atom is 0.261 e. The summed E-state index contributed by atoms with van der Waals surface area (Å²) in [5, 5.41) is 5.02. The van der Waals surface area contributed by atoms with Gasteiger partial charge in [0.25, 0.3) is 5.91 Å². The Kier molecular flexibility index (Phi) is 6.99. The lowest BCUT2D eigenvalue weighted by Gasteiger charge is -2.19. The Hall–Kier alpha value is -3.01. The van der Waals surface area contributed by atoms with Gasteiger partial charge in [-0.15, -0.1) is 0 Å². The van der Waals surface area contributed by atoms with Gasteiger partial charge in [-0.1, -0.05) is 76.2 Å². The van der Waals surface area contributed by atoms with Crippen molar-refractivity contribution in [3.05, 3.63) is 72.3 Å². The van der Waals surface area contributed by atoms with Gasteiger partial charge in [-0.05, 0) is 41.0 Å². The molecule has 0 saturated carbocycles. The van der Waals surface area contributed by atoms with Crippen LogP contribution in [0.2, 0.25) is 0 Å². The molecule has 1 atom stereocenters. The van der Waals surface area contributed by atoms with E-state index >= 15 is 0 Å². The first-order chi connectivity index (χ1) is 14.4. The van der Waals surface area contributed by atoms with Crippen molar-refractivity contribution in [2.45, 2.75) is 45.6 Å². The maximum absolute atomic E-state index is 12.6. The molecule has 1 N–H and O–H groups in total. The zero-order chi connectivity index (χ0) is 21.6. The average molecular weight is 406 g/mol. The average Bonchev–Trinajstić information content (AvgIpc) is 2.74. The Morgan fingerprint density at radius 3 is 2.37 bits per heavy atom. The fourth-order valence-corrected chi connectivity index (χ4v) is 3.28. The quantitative estimate of drug-likeness (QED) is 0.504. The van der Waals surface area contributed by atoms with Crippen molar-refractivity contribution in [1.29, 1.82) is 0 Å². The smallest absolute Gasteiger partial charge is 0.261 e. The fraction of sp³-hybridized carbons (Fsp3) is 0.346. The number of hydrogen-bond donors (Lipinski definition) is 1. The lowest BCUT2D eigenvalue weighted by Crippen LogP contribution is -2.39. The van der Waals surface area contributed by atoms with E-state index < -0.39 is 6.10 Å². The summed E-state index contributed by atoms with van der Waals surface area (Å²) in [6, 6.07) is 22.0. The molecule has 0 radical (unpaired) electrons. The van der Waals surface area contributed by atoms with Gasteiger partial charge in [0.2, 0.25) is 0 Å². The first-order valence-corrected chi connectivity index (χ1v) is 10.5. The highest BCUT2D eigenvalue weighted by Crippen LogP contribution is 2.27. The van der Waals surface area contributed by atoms with Crippen LogP contribution in [0.1, 0.15) is 39.7 Å². The first-order valence-electron chi connectivity index (χ1n) is 10.5. The zero-order valence-electron chi connectivity index (χ0n) is 18.3. The van der Waals surface area contributed by atoms with Crippen LogP contribution in [0.5, 0.6) is 11.5 Å². The van der Waals surface area contributed by atoms with E-state index in [0.717, 1.165) is 22.3 Å². The van der Waals surface area contributed by atoms with Gasteiger partial charge < -0.3 is 14.8 Å². The molecule has 0 bridgehead atoms. The molecule has 4 nitrogen and oxygen atoms in total. The van der Waals surface area contributed by atoms with Crippen molar-refractivity contribution in [2.24, 2.45) is 0 Å². The number of amides is 1. The largest absolute Gasteiger partial charge is 0.492 e. The lowest BCUT2D eigenvalue weighted by molar-refractivity contribution is -0.128. The molecular weight excluding hydrogens is 374 g/mol. The van der Waals surface area contributed by atoms with Crippen molar-refractivity contribution in [1.82, 2.24) is 5.32 Å². The second kappa shape index (κ2) is 9.66. The second-order valence-corrected chi connectivity index (χ2v) is 8.41. The number of nitrogens with one attached hydrogen (secondary N) is 1. The molecule has 1 amide bonds. The minimum Gasteiger partial charge on any atom is -0.492 e. The van der Waals surface area contributed by atoms with Crippen molar-refractivity contribution in [2.75, 3.05) is 13.2 Å². The Morgan fingerprint density at radius 2 is 1.67 bits per heavy atom. The predicted molar refractivity (Wildman–Crippen MR) is 122 cm³/mol. The van der Waals surface area contributed by atoms with Crippen LogP contribution in [0.15, 0.2) is 66.7 Å². The number of carbonyl (C=O) groups excluding carboxylic acids is 1. The number of ether oxygens (including phenoxy) is 2. The van der Waals surface area contributed by atoms with Gasteiger partial charge in [-0.25, -0.2) is 0 Å². The molecule has 0 aliphatic heterocycles. The van der Waals surface area contributed by atoms with E-state index in [2.05, 4.69) is 38.2 Å². The molecule has 3 rings (SSSR count). The van der Waals surface area contributed by atoms with Crippen molar-refractivity contribution < 1.29 is 14.3 Å². The van der Waals surface area contributed by atoms with Gasteiger partial charge in [0.05, 0.1) is 6.54 Å². The number of benzene rings is 3. The molecule has 0 aliphatic rings. The molecule has 30 heavy (non-hydrogen) atoms. The van der Waals surface area contributed by atoms with Gasteiger partial charge in [-0.3, -0.25) is 4.79 Å². The Labute approximate surface area is 179 Å². The van der Waals surface area contributed by atoms with Crippen LogP contribution in [0, 0.1) is 0 Å². The molecule has 0 saturated heterocycles. The van der Waals surface area contributed by atoms with Crippen LogP contribution >= 0.6 is 0 Å². The summed E-state index contributed by atoms with van der Waals surface area (Å²) in [6.45, 7) is 9.33. The number of rotatable bonds is 8. The first kappa shape index (κ1) is 21.7.